The minimum atomic E-state index is -0.624. The second-order valence-electron chi connectivity index (χ2n) is 1.71. The molecular formula is C6H5ClN2O. The second-order valence-corrected chi connectivity index (χ2v) is 2.18. The highest BCUT2D eigenvalue weighted by atomic mass is 35.5. The summed E-state index contributed by atoms with van der Waals surface area (Å²) in [6.07, 6.45) is 5.05. The molecule has 1 atom stereocenters. The number of nitrogens with zero attached hydrogens (tertiary/aromatic N) is 2. The first-order valence-corrected chi connectivity index (χ1v) is 3.12. The standard InChI is InChI=1S/C6H5ClN2O/c7-6(3-10)5-1-8-4-9-2-5/h1-4,6H. The Morgan fingerprint density at radius 3 is 2.60 bits per heavy atom. The molecule has 0 aliphatic heterocycles. The Hall–Kier alpha value is -0.960. The molecule has 0 aliphatic rings. The van der Waals surface area contributed by atoms with Gasteiger partial charge in [-0.25, -0.2) is 9.97 Å². The van der Waals surface area contributed by atoms with Gasteiger partial charge in [0.25, 0.3) is 0 Å². The van der Waals surface area contributed by atoms with Crippen LogP contribution in [0.5, 0.6) is 0 Å². The molecule has 10 heavy (non-hydrogen) atoms. The van der Waals surface area contributed by atoms with E-state index in [2.05, 4.69) is 9.97 Å². The second kappa shape index (κ2) is 3.27. The van der Waals surface area contributed by atoms with Crippen molar-refractivity contribution in [3.8, 4) is 0 Å². The molecule has 0 fully saturated rings. The molecule has 0 spiro atoms. The van der Waals surface area contributed by atoms with Crippen molar-refractivity contribution in [3.05, 3.63) is 24.3 Å². The largest absolute Gasteiger partial charge is 0.301 e. The molecule has 0 aliphatic carbocycles. The Bertz CT molecular complexity index is 214. The van der Waals surface area contributed by atoms with Crippen LogP contribution in [0.25, 0.3) is 0 Å². The maximum atomic E-state index is 10.1. The minimum Gasteiger partial charge on any atom is -0.301 e. The first-order valence-electron chi connectivity index (χ1n) is 2.69. The first-order chi connectivity index (χ1) is 4.84. The number of aromatic nitrogens is 2. The quantitative estimate of drug-likeness (QED) is 0.473. The lowest BCUT2D eigenvalue weighted by Gasteiger charge is -1.96. The average Bonchev–Trinajstić information content (AvgIpc) is 2.05. The monoisotopic (exact) mass is 156 g/mol. The third-order valence-corrected chi connectivity index (χ3v) is 1.37. The molecule has 3 nitrogen and oxygen atoms in total. The molecule has 0 radical (unpaired) electrons. The summed E-state index contributed by atoms with van der Waals surface area (Å²) in [5.41, 5.74) is 0.624. The van der Waals surface area contributed by atoms with E-state index in [4.69, 9.17) is 11.6 Å². The predicted molar refractivity (Wildman–Crippen MR) is 36.7 cm³/mol. The van der Waals surface area contributed by atoms with Gasteiger partial charge in [0.2, 0.25) is 0 Å². The molecule has 1 aromatic heterocycles. The molecule has 0 aromatic carbocycles. The zero-order valence-electron chi connectivity index (χ0n) is 5.07. The number of alkyl halides is 1. The lowest BCUT2D eigenvalue weighted by atomic mass is 10.3. The number of hydrogen-bond acceptors (Lipinski definition) is 3. The van der Waals surface area contributed by atoms with E-state index in [1.807, 2.05) is 0 Å². The number of hydrogen-bond donors (Lipinski definition) is 0. The molecule has 1 aromatic rings. The van der Waals surface area contributed by atoms with Gasteiger partial charge in [0.05, 0.1) is 0 Å². The SMILES string of the molecule is O=CC(Cl)c1cncnc1. The molecular weight excluding hydrogens is 152 g/mol. The van der Waals surface area contributed by atoms with Gasteiger partial charge in [0, 0.05) is 18.0 Å². The van der Waals surface area contributed by atoms with Gasteiger partial charge >= 0.3 is 0 Å². The Morgan fingerprint density at radius 2 is 2.10 bits per heavy atom. The summed E-state index contributed by atoms with van der Waals surface area (Å²) in [5, 5.41) is -0.624. The van der Waals surface area contributed by atoms with Crippen LogP contribution < -0.4 is 0 Å². The molecule has 4 heteroatoms. The van der Waals surface area contributed by atoms with Gasteiger partial charge in [-0.2, -0.15) is 0 Å². The van der Waals surface area contributed by atoms with E-state index >= 15 is 0 Å². The van der Waals surface area contributed by atoms with Gasteiger partial charge in [-0.1, -0.05) is 0 Å². The topological polar surface area (TPSA) is 42.9 Å². The predicted octanol–water partition coefficient (Wildman–Crippen LogP) is 0.955. The Balaban J connectivity index is 2.84. The Morgan fingerprint density at radius 1 is 1.50 bits per heavy atom. The van der Waals surface area contributed by atoms with Crippen LogP contribution in [0.4, 0.5) is 0 Å². The lowest BCUT2D eigenvalue weighted by Crippen LogP contribution is -1.92. The van der Waals surface area contributed by atoms with E-state index in [0.717, 1.165) is 0 Å². The van der Waals surface area contributed by atoms with Gasteiger partial charge in [-0.3, -0.25) is 0 Å². The van der Waals surface area contributed by atoms with Crippen LogP contribution in [-0.4, -0.2) is 16.3 Å². The van der Waals surface area contributed by atoms with Gasteiger partial charge in [-0.15, -0.1) is 11.6 Å². The van der Waals surface area contributed by atoms with E-state index < -0.39 is 5.38 Å². The van der Waals surface area contributed by atoms with E-state index in [1.165, 1.54) is 18.7 Å². The zero-order valence-corrected chi connectivity index (χ0v) is 5.82. The van der Waals surface area contributed by atoms with Crippen molar-refractivity contribution in [1.82, 2.24) is 9.97 Å². The van der Waals surface area contributed by atoms with Gasteiger partial charge in [0.1, 0.15) is 18.0 Å². The molecule has 1 rings (SSSR count). The van der Waals surface area contributed by atoms with Crippen molar-refractivity contribution in [2.45, 2.75) is 5.38 Å². The van der Waals surface area contributed by atoms with Gasteiger partial charge < -0.3 is 4.79 Å². The molecule has 0 saturated carbocycles. The van der Waals surface area contributed by atoms with Crippen LogP contribution >= 0.6 is 11.6 Å². The number of aldehydes is 1. The molecule has 0 N–H and O–H groups in total. The summed E-state index contributed by atoms with van der Waals surface area (Å²) in [6.45, 7) is 0. The van der Waals surface area contributed by atoms with Crippen LogP contribution in [-0.2, 0) is 4.79 Å². The fraction of sp³-hybridized carbons (Fsp3) is 0.167. The van der Waals surface area contributed by atoms with Crippen molar-refractivity contribution in [2.24, 2.45) is 0 Å². The lowest BCUT2D eigenvalue weighted by molar-refractivity contribution is -0.107. The molecule has 0 amide bonds. The van der Waals surface area contributed by atoms with E-state index in [0.29, 0.717) is 11.8 Å². The number of carbonyl (C=O) groups excluding carboxylic acids is 1. The number of halogens is 1. The highest BCUT2D eigenvalue weighted by molar-refractivity contribution is 6.27. The normalized spacial score (nSPS) is 12.5. The van der Waals surface area contributed by atoms with Gasteiger partial charge in [-0.05, 0) is 0 Å². The maximum absolute atomic E-state index is 10.1. The highest BCUT2D eigenvalue weighted by Crippen LogP contribution is 2.14. The Kier molecular flexibility index (Phi) is 2.34. The average molecular weight is 157 g/mol. The minimum absolute atomic E-state index is 0.624. The molecule has 52 valence electrons. The van der Waals surface area contributed by atoms with Crippen LogP contribution in [0.1, 0.15) is 10.9 Å². The molecule has 0 saturated heterocycles. The van der Waals surface area contributed by atoms with E-state index in [9.17, 15) is 4.79 Å². The third-order valence-electron chi connectivity index (χ3n) is 1.02. The number of carbonyl (C=O) groups is 1. The summed E-state index contributed by atoms with van der Waals surface area (Å²) >= 11 is 5.54. The van der Waals surface area contributed by atoms with E-state index in [-0.39, 0.29) is 0 Å². The maximum Gasteiger partial charge on any atom is 0.142 e. The molecule has 1 heterocycles. The summed E-state index contributed by atoms with van der Waals surface area (Å²) in [7, 11) is 0. The van der Waals surface area contributed by atoms with Crippen LogP contribution in [0, 0.1) is 0 Å². The third kappa shape index (κ3) is 1.51. The van der Waals surface area contributed by atoms with Crippen LogP contribution in [0.15, 0.2) is 18.7 Å². The van der Waals surface area contributed by atoms with Crippen LogP contribution in [0.2, 0.25) is 0 Å². The van der Waals surface area contributed by atoms with Crippen molar-refractivity contribution in [1.29, 1.82) is 0 Å². The summed E-state index contributed by atoms with van der Waals surface area (Å²) in [6, 6.07) is 0. The smallest absolute Gasteiger partial charge is 0.142 e. The fourth-order valence-electron chi connectivity index (χ4n) is 0.532. The van der Waals surface area contributed by atoms with Crippen molar-refractivity contribution in [2.75, 3.05) is 0 Å². The summed E-state index contributed by atoms with van der Waals surface area (Å²) < 4.78 is 0. The zero-order chi connectivity index (χ0) is 7.40. The summed E-state index contributed by atoms with van der Waals surface area (Å²) in [5.74, 6) is 0. The number of rotatable bonds is 2. The van der Waals surface area contributed by atoms with Crippen molar-refractivity contribution >= 4 is 17.9 Å². The van der Waals surface area contributed by atoms with Crippen LogP contribution in [0.3, 0.4) is 0 Å². The molecule has 0 bridgehead atoms. The van der Waals surface area contributed by atoms with Crippen molar-refractivity contribution in [3.63, 3.8) is 0 Å². The van der Waals surface area contributed by atoms with Crippen molar-refractivity contribution < 1.29 is 4.79 Å². The first kappa shape index (κ1) is 7.15. The highest BCUT2D eigenvalue weighted by Gasteiger charge is 2.04. The van der Waals surface area contributed by atoms with Gasteiger partial charge in [0.15, 0.2) is 0 Å². The Labute approximate surface area is 63.1 Å². The summed E-state index contributed by atoms with van der Waals surface area (Å²) in [4.78, 5) is 17.5. The van der Waals surface area contributed by atoms with E-state index in [1.54, 1.807) is 0 Å². The molecule has 1 unspecified atom stereocenters. The fourth-order valence-corrected chi connectivity index (χ4v) is 0.644.